The summed E-state index contributed by atoms with van der Waals surface area (Å²) in [6, 6.07) is 7.09. The molecule has 2 aromatic rings. The lowest BCUT2D eigenvalue weighted by molar-refractivity contribution is 0.0957. The first-order chi connectivity index (χ1) is 9.62. The van der Waals surface area contributed by atoms with Crippen molar-refractivity contribution in [2.75, 3.05) is 0 Å². The number of nitrogens with one attached hydrogen (secondary N) is 1. The average Bonchev–Trinajstić information content (AvgIpc) is 2.92. The topological polar surface area (TPSA) is 81.4 Å². The Morgan fingerprint density at radius 2 is 2.20 bits per heavy atom. The molecule has 0 aliphatic rings. The molecule has 0 radical (unpaired) electrons. The largest absolute Gasteiger partial charge is 0.488 e. The fourth-order valence-electron chi connectivity index (χ4n) is 1.54. The normalized spacial score (nSPS) is 10.1. The van der Waals surface area contributed by atoms with E-state index in [4.69, 9.17) is 10.6 Å². The Hall–Kier alpha value is -2.25. The Bertz CT molecular complexity index is 642. The minimum absolute atomic E-state index is 0.171. The maximum Gasteiger partial charge on any atom is 0.275 e. The molecule has 3 N–H and O–H groups in total. The van der Waals surface area contributed by atoms with Crippen molar-refractivity contribution in [2.45, 2.75) is 6.61 Å². The third kappa shape index (κ3) is 3.40. The summed E-state index contributed by atoms with van der Waals surface area (Å²) in [7, 11) is 0. The summed E-state index contributed by atoms with van der Waals surface area (Å²) in [5, 5.41) is 0. The number of rotatable bonds is 5. The molecule has 0 atom stereocenters. The van der Waals surface area contributed by atoms with Crippen LogP contribution >= 0.6 is 11.3 Å². The number of nitrogen functional groups attached to an aromatic ring is 1. The van der Waals surface area contributed by atoms with E-state index in [9.17, 15) is 14.0 Å². The molecule has 1 aromatic heterocycles. The molecular weight excluding hydrogens is 283 g/mol. The van der Waals surface area contributed by atoms with Gasteiger partial charge in [0.05, 0.1) is 4.88 Å². The van der Waals surface area contributed by atoms with Crippen LogP contribution in [0.5, 0.6) is 5.75 Å². The predicted octanol–water partition coefficient (Wildman–Crippen LogP) is 1.88. The van der Waals surface area contributed by atoms with Crippen molar-refractivity contribution in [1.82, 2.24) is 5.43 Å². The summed E-state index contributed by atoms with van der Waals surface area (Å²) in [4.78, 5) is 23.1. The lowest BCUT2D eigenvalue weighted by atomic mass is 10.2. The van der Waals surface area contributed by atoms with E-state index in [1.54, 1.807) is 12.1 Å². The monoisotopic (exact) mass is 294 g/mol. The molecule has 2 rings (SSSR count). The fourth-order valence-corrected chi connectivity index (χ4v) is 2.36. The van der Waals surface area contributed by atoms with Gasteiger partial charge >= 0.3 is 0 Å². The van der Waals surface area contributed by atoms with Gasteiger partial charge in [-0.1, -0.05) is 0 Å². The Kier molecular flexibility index (Phi) is 4.44. The Morgan fingerprint density at radius 1 is 1.40 bits per heavy atom. The maximum absolute atomic E-state index is 13.2. The highest BCUT2D eigenvalue weighted by Crippen LogP contribution is 2.20. The van der Waals surface area contributed by atoms with E-state index in [-0.39, 0.29) is 23.8 Å². The number of hydrazine groups is 1. The highest BCUT2D eigenvalue weighted by atomic mass is 32.1. The number of amides is 1. The van der Waals surface area contributed by atoms with E-state index >= 15 is 0 Å². The van der Waals surface area contributed by atoms with E-state index in [2.05, 4.69) is 0 Å². The van der Waals surface area contributed by atoms with Gasteiger partial charge in [0.15, 0.2) is 0 Å². The molecule has 20 heavy (non-hydrogen) atoms. The smallest absolute Gasteiger partial charge is 0.275 e. The quantitative estimate of drug-likeness (QED) is 0.382. The zero-order valence-corrected chi connectivity index (χ0v) is 11.1. The van der Waals surface area contributed by atoms with Crippen LogP contribution in [0.2, 0.25) is 0 Å². The first-order valence-electron chi connectivity index (χ1n) is 5.60. The minimum Gasteiger partial charge on any atom is -0.488 e. The summed E-state index contributed by atoms with van der Waals surface area (Å²) in [6.45, 7) is 0.171. The third-order valence-corrected chi connectivity index (χ3v) is 3.48. The molecule has 0 unspecified atom stereocenters. The van der Waals surface area contributed by atoms with Crippen LogP contribution in [0.25, 0.3) is 0 Å². The number of hydrogen-bond acceptors (Lipinski definition) is 5. The van der Waals surface area contributed by atoms with Crippen molar-refractivity contribution in [1.29, 1.82) is 0 Å². The number of halogens is 1. The molecule has 1 aromatic carbocycles. The van der Waals surface area contributed by atoms with Crippen molar-refractivity contribution in [3.63, 3.8) is 0 Å². The van der Waals surface area contributed by atoms with Crippen molar-refractivity contribution >= 4 is 23.5 Å². The molecule has 0 saturated carbocycles. The van der Waals surface area contributed by atoms with Gasteiger partial charge in [-0.2, -0.15) is 0 Å². The number of carbonyl (C=O) groups excluding carboxylic acids is 2. The SMILES string of the molecule is NNC(=O)c1ccc(COc2cc(F)cc(C=O)c2)s1. The van der Waals surface area contributed by atoms with E-state index < -0.39 is 5.82 Å². The van der Waals surface area contributed by atoms with Crippen molar-refractivity contribution in [3.8, 4) is 5.75 Å². The number of ether oxygens (including phenoxy) is 1. The Labute approximate surface area is 118 Å². The highest BCUT2D eigenvalue weighted by molar-refractivity contribution is 7.14. The molecule has 0 aliphatic heterocycles. The molecule has 1 amide bonds. The molecule has 1 heterocycles. The summed E-state index contributed by atoms with van der Waals surface area (Å²) in [6.07, 6.45) is 0.546. The maximum atomic E-state index is 13.2. The van der Waals surface area contributed by atoms with Gasteiger partial charge in [0.25, 0.3) is 5.91 Å². The number of aldehydes is 1. The van der Waals surface area contributed by atoms with Gasteiger partial charge < -0.3 is 4.74 Å². The van der Waals surface area contributed by atoms with Crippen LogP contribution in [0.15, 0.2) is 30.3 Å². The second-order valence-corrected chi connectivity index (χ2v) is 5.03. The Balaban J connectivity index is 2.05. The van der Waals surface area contributed by atoms with Gasteiger partial charge in [0.1, 0.15) is 24.5 Å². The summed E-state index contributed by atoms with van der Waals surface area (Å²) < 4.78 is 18.6. The van der Waals surface area contributed by atoms with Gasteiger partial charge in [-0.15, -0.1) is 11.3 Å². The number of benzene rings is 1. The molecule has 0 bridgehead atoms. The summed E-state index contributed by atoms with van der Waals surface area (Å²) in [5.74, 6) is 4.36. The first kappa shape index (κ1) is 14.2. The number of nitrogens with two attached hydrogens (primary N) is 1. The van der Waals surface area contributed by atoms with E-state index in [1.807, 2.05) is 5.43 Å². The molecule has 0 aliphatic carbocycles. The second-order valence-electron chi connectivity index (χ2n) is 3.87. The average molecular weight is 294 g/mol. The number of carbonyl (C=O) groups is 2. The standard InChI is InChI=1S/C13H11FN2O3S/c14-9-3-8(6-17)4-10(5-9)19-7-11-1-2-12(20-11)13(18)16-15/h1-6H,7,15H2,(H,16,18). The van der Waals surface area contributed by atoms with Crippen LogP contribution < -0.4 is 16.0 Å². The highest BCUT2D eigenvalue weighted by Gasteiger charge is 2.08. The third-order valence-electron chi connectivity index (χ3n) is 2.43. The van der Waals surface area contributed by atoms with Gasteiger partial charge in [0, 0.05) is 16.5 Å². The molecule has 7 heteroatoms. The van der Waals surface area contributed by atoms with Crippen LogP contribution in [0.4, 0.5) is 4.39 Å². The van der Waals surface area contributed by atoms with Crippen LogP contribution in [0.3, 0.4) is 0 Å². The second kappa shape index (κ2) is 6.27. The molecule has 5 nitrogen and oxygen atoms in total. The lowest BCUT2D eigenvalue weighted by Crippen LogP contribution is -2.29. The van der Waals surface area contributed by atoms with Crippen LogP contribution in [-0.4, -0.2) is 12.2 Å². The summed E-state index contributed by atoms with van der Waals surface area (Å²) >= 11 is 1.22. The van der Waals surface area contributed by atoms with E-state index in [1.165, 1.54) is 23.5 Å². The van der Waals surface area contributed by atoms with Crippen LogP contribution in [0, 0.1) is 5.82 Å². The zero-order chi connectivity index (χ0) is 14.5. The number of thiophene rings is 1. The van der Waals surface area contributed by atoms with Crippen LogP contribution in [0.1, 0.15) is 24.9 Å². The zero-order valence-electron chi connectivity index (χ0n) is 10.3. The molecular formula is C13H11FN2O3S. The molecule has 0 fully saturated rings. The van der Waals surface area contributed by atoms with Gasteiger partial charge in [-0.05, 0) is 24.3 Å². The van der Waals surface area contributed by atoms with Crippen LogP contribution in [-0.2, 0) is 6.61 Å². The molecule has 104 valence electrons. The Morgan fingerprint density at radius 3 is 2.90 bits per heavy atom. The summed E-state index contributed by atoms with van der Waals surface area (Å²) in [5.41, 5.74) is 2.24. The van der Waals surface area contributed by atoms with Crippen molar-refractivity contribution in [3.05, 3.63) is 51.5 Å². The van der Waals surface area contributed by atoms with Gasteiger partial charge in [-0.25, -0.2) is 10.2 Å². The van der Waals surface area contributed by atoms with Crippen molar-refractivity contribution < 1.29 is 18.7 Å². The minimum atomic E-state index is -0.543. The van der Waals surface area contributed by atoms with E-state index in [0.717, 1.165) is 10.9 Å². The first-order valence-corrected chi connectivity index (χ1v) is 6.42. The fraction of sp³-hybridized carbons (Fsp3) is 0.0769. The van der Waals surface area contributed by atoms with Gasteiger partial charge in [0.2, 0.25) is 0 Å². The number of hydrogen-bond donors (Lipinski definition) is 2. The van der Waals surface area contributed by atoms with Gasteiger partial charge in [-0.3, -0.25) is 15.0 Å². The molecule has 0 saturated heterocycles. The molecule has 0 spiro atoms. The van der Waals surface area contributed by atoms with E-state index in [0.29, 0.717) is 11.2 Å². The lowest BCUT2D eigenvalue weighted by Gasteiger charge is -2.05. The predicted molar refractivity (Wildman–Crippen MR) is 72.1 cm³/mol. The van der Waals surface area contributed by atoms with Crippen molar-refractivity contribution in [2.24, 2.45) is 5.84 Å².